The lowest BCUT2D eigenvalue weighted by Crippen LogP contribution is -2.41. The number of likely N-dealkylation sites (tertiary alicyclic amines) is 1. The summed E-state index contributed by atoms with van der Waals surface area (Å²) in [5.41, 5.74) is 5.55. The van der Waals surface area contributed by atoms with Crippen molar-refractivity contribution >= 4 is 23.7 Å². The number of aromatic nitrogens is 1. The van der Waals surface area contributed by atoms with Crippen LogP contribution in [0.1, 0.15) is 35.6 Å². The highest BCUT2D eigenvalue weighted by Gasteiger charge is 2.34. The third kappa shape index (κ3) is 4.59. The molecule has 8 nitrogen and oxygen atoms in total. The van der Waals surface area contributed by atoms with Crippen molar-refractivity contribution in [2.75, 3.05) is 18.5 Å². The Bertz CT molecular complexity index is 1230. The first kappa shape index (κ1) is 22.6. The monoisotopic (exact) mass is 471 g/mol. The minimum absolute atomic E-state index is 0.00893. The number of carboxylic acids is 1. The van der Waals surface area contributed by atoms with Gasteiger partial charge in [-0.05, 0) is 47.2 Å². The van der Waals surface area contributed by atoms with Crippen LogP contribution in [-0.4, -0.2) is 52.2 Å². The molecule has 35 heavy (non-hydrogen) atoms. The van der Waals surface area contributed by atoms with Crippen molar-refractivity contribution in [3.63, 3.8) is 0 Å². The maximum atomic E-state index is 12.5. The van der Waals surface area contributed by atoms with Gasteiger partial charge in [0.15, 0.2) is 0 Å². The van der Waals surface area contributed by atoms with E-state index in [0.29, 0.717) is 30.8 Å². The summed E-state index contributed by atoms with van der Waals surface area (Å²) < 4.78 is 5.55. The van der Waals surface area contributed by atoms with E-state index in [1.165, 1.54) is 11.1 Å². The van der Waals surface area contributed by atoms with Gasteiger partial charge in [0.1, 0.15) is 12.6 Å². The molecule has 0 radical (unpaired) electrons. The molecule has 2 heterocycles. The van der Waals surface area contributed by atoms with E-state index in [4.69, 9.17) is 4.74 Å². The Morgan fingerprint density at radius 2 is 1.69 bits per heavy atom. The molecule has 1 aromatic heterocycles. The summed E-state index contributed by atoms with van der Waals surface area (Å²) in [5, 5.41) is 11.9. The number of carbonyl (C=O) groups excluding carboxylic acids is 2. The van der Waals surface area contributed by atoms with Gasteiger partial charge in [0, 0.05) is 18.2 Å². The molecular formula is C27H25N3O5. The molecule has 5 rings (SSSR count). The van der Waals surface area contributed by atoms with Crippen LogP contribution in [0.15, 0.2) is 66.9 Å². The number of ether oxygens (including phenoxy) is 1. The Balaban J connectivity index is 1.17. The summed E-state index contributed by atoms with van der Waals surface area (Å²) in [6.07, 6.45) is 2.03. The van der Waals surface area contributed by atoms with Gasteiger partial charge in [-0.3, -0.25) is 15.1 Å². The number of fused-ring (bicyclic) bond motifs is 3. The highest BCUT2D eigenvalue weighted by molar-refractivity contribution is 5.86. The Kier molecular flexibility index (Phi) is 6.18. The first-order chi connectivity index (χ1) is 17.0. The fourth-order valence-corrected chi connectivity index (χ4v) is 4.93. The Hall–Kier alpha value is -4.20. The second-order valence-corrected chi connectivity index (χ2v) is 8.75. The molecule has 1 aliphatic heterocycles. The van der Waals surface area contributed by atoms with E-state index in [9.17, 15) is 19.5 Å². The molecule has 2 amide bonds. The van der Waals surface area contributed by atoms with E-state index in [1.54, 1.807) is 12.1 Å². The molecule has 2 aromatic carbocycles. The summed E-state index contributed by atoms with van der Waals surface area (Å²) in [6, 6.07) is 18.8. The third-order valence-electron chi connectivity index (χ3n) is 6.61. The molecule has 0 unspecified atom stereocenters. The summed E-state index contributed by atoms with van der Waals surface area (Å²) in [5.74, 6) is -1.27. The third-order valence-corrected chi connectivity index (χ3v) is 6.61. The lowest BCUT2D eigenvalue weighted by molar-refractivity contribution is -0.148. The van der Waals surface area contributed by atoms with Crippen LogP contribution in [0.2, 0.25) is 0 Å². The number of amides is 2. The molecular weight excluding hydrogens is 446 g/mol. The highest BCUT2D eigenvalue weighted by atomic mass is 16.5. The van der Waals surface area contributed by atoms with Gasteiger partial charge < -0.3 is 14.7 Å². The second kappa shape index (κ2) is 9.58. The molecule has 1 atom stereocenters. The maximum absolute atomic E-state index is 12.5. The van der Waals surface area contributed by atoms with Gasteiger partial charge in [-0.1, -0.05) is 48.5 Å². The van der Waals surface area contributed by atoms with E-state index in [2.05, 4.69) is 34.6 Å². The summed E-state index contributed by atoms with van der Waals surface area (Å²) in [7, 11) is 0. The number of rotatable bonds is 6. The number of benzene rings is 2. The number of carbonyl (C=O) groups is 3. The number of hydrogen-bond donors (Lipinski definition) is 2. The summed E-state index contributed by atoms with van der Waals surface area (Å²) in [4.78, 5) is 41.9. The number of pyridine rings is 1. The maximum Gasteiger partial charge on any atom is 0.411 e. The topological polar surface area (TPSA) is 109 Å². The van der Waals surface area contributed by atoms with Crippen LogP contribution >= 0.6 is 0 Å². The van der Waals surface area contributed by atoms with Gasteiger partial charge in [0.05, 0.1) is 18.3 Å². The van der Waals surface area contributed by atoms with Crippen LogP contribution < -0.4 is 5.32 Å². The molecule has 8 heteroatoms. The molecule has 3 aromatic rings. The van der Waals surface area contributed by atoms with Crippen LogP contribution in [0, 0.1) is 0 Å². The fourth-order valence-electron chi connectivity index (χ4n) is 4.93. The number of anilines is 1. The Morgan fingerprint density at radius 1 is 1.00 bits per heavy atom. The number of carboxylic acid groups (broad SMARTS) is 1. The molecule has 1 fully saturated rings. The predicted octanol–water partition coefficient (Wildman–Crippen LogP) is 4.06. The second-order valence-electron chi connectivity index (χ2n) is 8.75. The molecule has 1 aliphatic carbocycles. The first-order valence-corrected chi connectivity index (χ1v) is 11.6. The number of hydrogen-bond acceptors (Lipinski definition) is 5. The molecule has 2 N–H and O–H groups in total. The van der Waals surface area contributed by atoms with E-state index in [1.807, 2.05) is 24.3 Å². The molecule has 178 valence electrons. The van der Waals surface area contributed by atoms with Gasteiger partial charge >= 0.3 is 12.1 Å². The minimum Gasteiger partial charge on any atom is -0.480 e. The smallest absolute Gasteiger partial charge is 0.411 e. The van der Waals surface area contributed by atoms with E-state index in [-0.39, 0.29) is 24.9 Å². The van der Waals surface area contributed by atoms with Crippen LogP contribution in [0.4, 0.5) is 10.5 Å². The van der Waals surface area contributed by atoms with Crippen molar-refractivity contribution in [1.29, 1.82) is 0 Å². The van der Waals surface area contributed by atoms with Crippen molar-refractivity contribution in [1.82, 2.24) is 9.88 Å². The largest absolute Gasteiger partial charge is 0.480 e. The van der Waals surface area contributed by atoms with Crippen LogP contribution in [0.3, 0.4) is 0 Å². The van der Waals surface area contributed by atoms with Crippen LogP contribution in [-0.2, 0) is 20.7 Å². The van der Waals surface area contributed by atoms with Gasteiger partial charge in [-0.2, -0.15) is 0 Å². The molecule has 2 aliphatic rings. The zero-order valence-electron chi connectivity index (χ0n) is 19.0. The van der Waals surface area contributed by atoms with Crippen molar-refractivity contribution < 1.29 is 24.2 Å². The molecule has 0 spiro atoms. The van der Waals surface area contributed by atoms with Crippen LogP contribution in [0.5, 0.6) is 0 Å². The highest BCUT2D eigenvalue weighted by Crippen LogP contribution is 2.44. The van der Waals surface area contributed by atoms with Gasteiger partial charge in [-0.25, -0.2) is 9.59 Å². The lowest BCUT2D eigenvalue weighted by Gasteiger charge is -2.21. The minimum atomic E-state index is -0.980. The molecule has 1 saturated heterocycles. The van der Waals surface area contributed by atoms with E-state index < -0.39 is 18.1 Å². The Morgan fingerprint density at radius 3 is 2.31 bits per heavy atom. The molecule has 0 bridgehead atoms. The van der Waals surface area contributed by atoms with Crippen molar-refractivity contribution in [2.45, 2.75) is 31.2 Å². The van der Waals surface area contributed by atoms with Crippen molar-refractivity contribution in [3.8, 4) is 11.1 Å². The average molecular weight is 472 g/mol. The summed E-state index contributed by atoms with van der Waals surface area (Å²) >= 11 is 0. The van der Waals surface area contributed by atoms with Crippen LogP contribution in [0.25, 0.3) is 11.1 Å². The fraction of sp³-hybridized carbons (Fsp3) is 0.259. The van der Waals surface area contributed by atoms with E-state index in [0.717, 1.165) is 22.3 Å². The number of aliphatic carboxylic acids is 1. The lowest BCUT2D eigenvalue weighted by atomic mass is 9.98. The normalized spacial score (nSPS) is 16.5. The number of nitrogens with zero attached hydrogens (tertiary/aromatic N) is 2. The zero-order valence-corrected chi connectivity index (χ0v) is 19.0. The standard InChI is InChI=1S/C27H25N3O5/c31-25(30-13-5-10-24(30)26(32)33)14-17-11-12-18(15-28-17)29-27(34)35-16-23-21-8-3-1-6-19(21)20-7-2-4-9-22(20)23/h1-4,6-9,11-12,15,23-24H,5,10,13-14,16H2,(H,29,34)(H,32,33)/t24-/m0/s1. The molecule has 0 saturated carbocycles. The van der Waals surface area contributed by atoms with Gasteiger partial charge in [0.25, 0.3) is 0 Å². The van der Waals surface area contributed by atoms with Gasteiger partial charge in [0.2, 0.25) is 5.91 Å². The zero-order chi connectivity index (χ0) is 24.4. The quantitative estimate of drug-likeness (QED) is 0.561. The first-order valence-electron chi connectivity index (χ1n) is 11.6. The number of nitrogens with one attached hydrogen (secondary N) is 1. The predicted molar refractivity (Wildman–Crippen MR) is 129 cm³/mol. The van der Waals surface area contributed by atoms with Crippen molar-refractivity contribution in [3.05, 3.63) is 83.7 Å². The van der Waals surface area contributed by atoms with Gasteiger partial charge in [-0.15, -0.1) is 0 Å². The SMILES string of the molecule is O=C(Nc1ccc(CC(=O)N2CCC[C@H]2C(=O)O)nc1)OCC1c2ccccc2-c2ccccc21. The average Bonchev–Trinajstić information content (AvgIpc) is 3.48. The van der Waals surface area contributed by atoms with E-state index >= 15 is 0 Å². The summed E-state index contributed by atoms with van der Waals surface area (Å²) in [6.45, 7) is 0.650. The van der Waals surface area contributed by atoms with Crippen molar-refractivity contribution in [2.24, 2.45) is 0 Å². The Labute approximate surface area is 202 Å².